The van der Waals surface area contributed by atoms with Crippen LogP contribution in [0.25, 0.3) is 0 Å². The molecule has 2 aromatic carbocycles. The molecule has 3 N–H and O–H groups in total. The van der Waals surface area contributed by atoms with Crippen LogP contribution < -0.4 is 15.4 Å². The van der Waals surface area contributed by atoms with Gasteiger partial charge in [-0.1, -0.05) is 6.92 Å². The van der Waals surface area contributed by atoms with Crippen molar-refractivity contribution in [1.29, 1.82) is 0 Å². The highest BCUT2D eigenvalue weighted by atomic mass is 32.2. The molecule has 0 aliphatic carbocycles. The summed E-state index contributed by atoms with van der Waals surface area (Å²) < 4.78 is 55.2. The number of ether oxygens (including phenoxy) is 2. The molecule has 0 unspecified atom stereocenters. The number of carbonyl (C=O) groups excluding carboxylic acids is 2. The molecule has 2 heterocycles. The van der Waals surface area contributed by atoms with Crippen molar-refractivity contribution in [1.82, 2.24) is 18.8 Å². The van der Waals surface area contributed by atoms with Crippen LogP contribution in [-0.4, -0.2) is 95.8 Å². The SMILES string of the molecule is C[C@H](CO)N1C[C@H](C)[C@H](CN(C)S(=O)(=O)c2cn(C)cn2)OCCCC[C@H](C)Oc2ccc(NC(=O)Nc3ccc(F)cc3)cc2C1=O. The smallest absolute Gasteiger partial charge is 0.323 e. The van der Waals surface area contributed by atoms with Crippen LogP contribution >= 0.6 is 0 Å². The third kappa shape index (κ3) is 9.52. The highest BCUT2D eigenvalue weighted by Crippen LogP contribution is 2.29. The predicted molar refractivity (Wildman–Crippen MR) is 179 cm³/mol. The molecule has 0 saturated heterocycles. The number of aromatic nitrogens is 2. The molecule has 1 aliphatic heterocycles. The van der Waals surface area contributed by atoms with Crippen LogP contribution in [0.1, 0.15) is 50.4 Å². The molecule has 1 aromatic heterocycles. The number of aliphatic hydroxyl groups is 1. The van der Waals surface area contributed by atoms with E-state index in [0.717, 1.165) is 6.42 Å². The largest absolute Gasteiger partial charge is 0.490 e. The lowest BCUT2D eigenvalue weighted by Gasteiger charge is -2.35. The van der Waals surface area contributed by atoms with Crippen molar-refractivity contribution in [3.05, 3.63) is 66.4 Å². The molecule has 0 fully saturated rings. The standard InChI is InChI=1S/C33H45FN6O7S/c1-22-17-40(23(2)20-41)32(42)28-16-27(37-33(43)36-26-11-9-25(34)10-12-26)13-14-29(28)47-24(3)8-6-7-15-46-30(22)18-39(5)48(44,45)31-19-38(4)21-35-31/h9-14,16,19,21-24,30,41H,6-8,15,17-18,20H2,1-5H3,(H2,36,37,43)/t22-,23+,24-,30-/m0/s1. The van der Waals surface area contributed by atoms with Crippen LogP contribution in [0.15, 0.2) is 60.0 Å². The maximum Gasteiger partial charge on any atom is 0.323 e. The second-order valence-electron chi connectivity index (χ2n) is 12.3. The summed E-state index contributed by atoms with van der Waals surface area (Å²) in [4.78, 5) is 32.6. The number of nitrogens with one attached hydrogen (secondary N) is 2. The van der Waals surface area contributed by atoms with E-state index in [1.54, 1.807) is 30.7 Å². The molecule has 4 atom stereocenters. The second-order valence-corrected chi connectivity index (χ2v) is 14.3. The number of aryl methyl sites for hydroxylation is 1. The van der Waals surface area contributed by atoms with Gasteiger partial charge in [0.1, 0.15) is 11.6 Å². The molecule has 15 heteroatoms. The first-order valence-corrected chi connectivity index (χ1v) is 17.3. The summed E-state index contributed by atoms with van der Waals surface area (Å²) in [7, 11) is -0.741. The minimum atomic E-state index is -3.90. The minimum Gasteiger partial charge on any atom is -0.490 e. The van der Waals surface area contributed by atoms with Gasteiger partial charge in [-0.3, -0.25) is 4.79 Å². The van der Waals surface area contributed by atoms with Crippen molar-refractivity contribution in [2.75, 3.05) is 44.0 Å². The summed E-state index contributed by atoms with van der Waals surface area (Å²) in [5, 5.41) is 15.4. The number of likely N-dealkylation sites (N-methyl/N-ethyl adjacent to an activating group) is 1. The van der Waals surface area contributed by atoms with Crippen molar-refractivity contribution in [3.8, 4) is 5.75 Å². The van der Waals surface area contributed by atoms with Crippen LogP contribution in [0.5, 0.6) is 5.75 Å². The number of aliphatic hydroxyl groups excluding tert-OH is 1. The number of hydrogen-bond acceptors (Lipinski definition) is 8. The van der Waals surface area contributed by atoms with Gasteiger partial charge in [0.25, 0.3) is 15.9 Å². The Morgan fingerprint density at radius 3 is 2.50 bits per heavy atom. The Morgan fingerprint density at radius 2 is 1.83 bits per heavy atom. The number of nitrogens with zero attached hydrogens (tertiary/aromatic N) is 4. The molecule has 0 saturated carbocycles. The van der Waals surface area contributed by atoms with E-state index in [4.69, 9.17) is 9.47 Å². The third-order valence-corrected chi connectivity index (χ3v) is 9.91. The first-order chi connectivity index (χ1) is 22.8. The Bertz CT molecular complexity index is 1650. The fraction of sp³-hybridized carbons (Fsp3) is 0.485. The maximum atomic E-state index is 14.3. The van der Waals surface area contributed by atoms with Crippen molar-refractivity contribution in [3.63, 3.8) is 0 Å². The molecule has 0 radical (unpaired) electrons. The van der Waals surface area contributed by atoms with E-state index in [9.17, 15) is 27.5 Å². The fourth-order valence-electron chi connectivity index (χ4n) is 5.32. The van der Waals surface area contributed by atoms with Crippen molar-refractivity contribution >= 4 is 33.3 Å². The number of rotatable bonds is 8. The monoisotopic (exact) mass is 688 g/mol. The van der Waals surface area contributed by atoms with Gasteiger partial charge in [-0.25, -0.2) is 22.6 Å². The van der Waals surface area contributed by atoms with Gasteiger partial charge in [0, 0.05) is 57.3 Å². The zero-order chi connectivity index (χ0) is 35.0. The Kier molecular flexibility index (Phi) is 12.5. The summed E-state index contributed by atoms with van der Waals surface area (Å²) in [6, 6.07) is 8.85. The van der Waals surface area contributed by atoms with Crippen LogP contribution in [0.3, 0.4) is 0 Å². The van der Waals surface area contributed by atoms with E-state index < -0.39 is 39.9 Å². The molecule has 13 nitrogen and oxygen atoms in total. The highest BCUT2D eigenvalue weighted by molar-refractivity contribution is 7.89. The normalized spacial score (nSPS) is 20.4. The summed E-state index contributed by atoms with van der Waals surface area (Å²) in [5.41, 5.74) is 0.872. The highest BCUT2D eigenvalue weighted by Gasteiger charge is 2.33. The van der Waals surface area contributed by atoms with Gasteiger partial charge < -0.3 is 34.7 Å². The molecule has 4 rings (SSSR count). The van der Waals surface area contributed by atoms with Gasteiger partial charge in [-0.2, -0.15) is 4.31 Å². The molecular weight excluding hydrogens is 643 g/mol. The number of hydrogen-bond donors (Lipinski definition) is 3. The fourth-order valence-corrected chi connectivity index (χ4v) is 6.47. The van der Waals surface area contributed by atoms with E-state index in [1.807, 2.05) is 13.8 Å². The first-order valence-electron chi connectivity index (χ1n) is 15.9. The van der Waals surface area contributed by atoms with Gasteiger partial charge in [-0.15, -0.1) is 0 Å². The summed E-state index contributed by atoms with van der Waals surface area (Å²) in [6.07, 6.45) is 4.16. The van der Waals surface area contributed by atoms with Crippen molar-refractivity contribution in [2.45, 2.75) is 63.3 Å². The molecule has 1 aliphatic rings. The maximum absolute atomic E-state index is 14.3. The molecular formula is C33H45FN6O7S. The van der Waals surface area contributed by atoms with Crippen LogP contribution in [0.2, 0.25) is 0 Å². The lowest BCUT2D eigenvalue weighted by molar-refractivity contribution is -0.00835. The molecule has 3 aromatic rings. The van der Waals surface area contributed by atoms with Gasteiger partial charge in [-0.05, 0) is 75.6 Å². The zero-order valence-corrected chi connectivity index (χ0v) is 28.7. The predicted octanol–water partition coefficient (Wildman–Crippen LogP) is 4.32. The Labute approximate surface area is 281 Å². The number of halogens is 1. The van der Waals surface area contributed by atoms with E-state index in [-0.39, 0.29) is 42.3 Å². The average molecular weight is 689 g/mol. The summed E-state index contributed by atoms with van der Waals surface area (Å²) in [5.74, 6) is -0.919. The Morgan fingerprint density at radius 1 is 1.15 bits per heavy atom. The number of anilines is 2. The van der Waals surface area contributed by atoms with Gasteiger partial charge in [0.2, 0.25) is 0 Å². The lowest BCUT2D eigenvalue weighted by atomic mass is 10.0. The van der Waals surface area contributed by atoms with Crippen LogP contribution in [-0.2, 0) is 21.8 Å². The lowest BCUT2D eigenvalue weighted by Crippen LogP contribution is -2.48. The van der Waals surface area contributed by atoms with Crippen LogP contribution in [0, 0.1) is 11.7 Å². The van der Waals surface area contributed by atoms with Crippen molar-refractivity contribution < 1.29 is 37.0 Å². The topological polar surface area (TPSA) is 155 Å². The number of urea groups is 1. The quantitative estimate of drug-likeness (QED) is 0.316. The van der Waals surface area contributed by atoms with Gasteiger partial charge in [0.15, 0.2) is 5.03 Å². The number of sulfonamides is 1. The van der Waals surface area contributed by atoms with E-state index in [1.165, 1.54) is 59.1 Å². The number of amides is 3. The van der Waals surface area contributed by atoms with Gasteiger partial charge >= 0.3 is 6.03 Å². The number of carbonyl (C=O) groups is 2. The summed E-state index contributed by atoms with van der Waals surface area (Å²) in [6.45, 7) is 5.68. The number of fused-ring (bicyclic) bond motifs is 1. The zero-order valence-electron chi connectivity index (χ0n) is 27.9. The number of imidazole rings is 1. The minimum absolute atomic E-state index is 0.0168. The molecule has 0 bridgehead atoms. The first kappa shape index (κ1) is 36.8. The van der Waals surface area contributed by atoms with Crippen LogP contribution in [0.4, 0.5) is 20.6 Å². The number of benzene rings is 2. The molecule has 0 spiro atoms. The van der Waals surface area contributed by atoms with Crippen molar-refractivity contribution in [2.24, 2.45) is 13.0 Å². The average Bonchev–Trinajstić information content (AvgIpc) is 3.50. The molecule has 3 amide bonds. The molecule has 48 heavy (non-hydrogen) atoms. The Balaban J connectivity index is 1.62. The second kappa shape index (κ2) is 16.4. The Hall–Kier alpha value is -4.05. The van der Waals surface area contributed by atoms with E-state index >= 15 is 0 Å². The van der Waals surface area contributed by atoms with E-state index in [2.05, 4.69) is 15.6 Å². The summed E-state index contributed by atoms with van der Waals surface area (Å²) >= 11 is 0. The molecule has 262 valence electrons. The van der Waals surface area contributed by atoms with Gasteiger partial charge in [0.05, 0.1) is 36.7 Å². The van der Waals surface area contributed by atoms with E-state index in [0.29, 0.717) is 36.6 Å². The third-order valence-electron chi connectivity index (χ3n) is 8.20.